The third kappa shape index (κ3) is 4.08. The molecule has 0 radical (unpaired) electrons. The van der Waals surface area contributed by atoms with E-state index in [0.29, 0.717) is 16.3 Å². The summed E-state index contributed by atoms with van der Waals surface area (Å²) in [5.41, 5.74) is 2.08. The average molecular weight is 460 g/mol. The van der Waals surface area contributed by atoms with Crippen LogP contribution in [0.25, 0.3) is 26.7 Å². The number of benzene rings is 3. The Kier molecular flexibility index (Phi) is 5.35. The molecular weight excluding hydrogens is 441 g/mol. The number of halogens is 1. The highest BCUT2D eigenvalue weighted by Crippen LogP contribution is 2.31. The van der Waals surface area contributed by atoms with E-state index < -0.39 is 18.5 Å². The van der Waals surface area contributed by atoms with Crippen LogP contribution >= 0.6 is 11.3 Å². The fraction of sp³-hybridized carbons (Fsp3) is 0.0800. The van der Waals surface area contributed by atoms with Gasteiger partial charge in [0.1, 0.15) is 15.5 Å². The van der Waals surface area contributed by atoms with Crippen LogP contribution < -0.4 is 5.32 Å². The van der Waals surface area contributed by atoms with Gasteiger partial charge < -0.3 is 10.1 Å². The lowest BCUT2D eigenvalue weighted by Crippen LogP contribution is -2.20. The zero-order valence-electron chi connectivity index (χ0n) is 17.5. The number of carbonyl (C=O) groups is 2. The highest BCUT2D eigenvalue weighted by atomic mass is 32.1. The molecule has 5 aromatic rings. The fourth-order valence-electron chi connectivity index (χ4n) is 3.63. The molecule has 0 unspecified atom stereocenters. The number of aromatic nitrogens is 2. The van der Waals surface area contributed by atoms with Gasteiger partial charge in [-0.1, -0.05) is 36.4 Å². The van der Waals surface area contributed by atoms with Gasteiger partial charge in [0.25, 0.3) is 5.91 Å². The van der Waals surface area contributed by atoms with Crippen LogP contribution in [0.4, 0.5) is 10.1 Å². The number of ether oxygens (including phenoxy) is 1. The van der Waals surface area contributed by atoms with Crippen LogP contribution in [0, 0.1) is 12.7 Å². The Labute approximate surface area is 192 Å². The van der Waals surface area contributed by atoms with Gasteiger partial charge in [-0.2, -0.15) is 5.10 Å². The van der Waals surface area contributed by atoms with Gasteiger partial charge in [0.15, 0.2) is 6.61 Å². The summed E-state index contributed by atoms with van der Waals surface area (Å²) in [5, 5.41) is 10.00. The number of nitrogens with one attached hydrogen (secondary N) is 1. The molecule has 0 aliphatic heterocycles. The zero-order valence-corrected chi connectivity index (χ0v) is 18.4. The van der Waals surface area contributed by atoms with Crippen LogP contribution in [-0.4, -0.2) is 28.3 Å². The number of anilines is 1. The molecule has 8 heteroatoms. The molecule has 164 valence electrons. The molecule has 1 amide bonds. The van der Waals surface area contributed by atoms with E-state index in [9.17, 15) is 14.0 Å². The van der Waals surface area contributed by atoms with Gasteiger partial charge in [0.05, 0.1) is 11.4 Å². The van der Waals surface area contributed by atoms with E-state index in [1.807, 2.05) is 43.3 Å². The number of fused-ring (bicyclic) bond motifs is 2. The maximum Gasteiger partial charge on any atom is 0.348 e. The number of rotatable bonds is 5. The summed E-state index contributed by atoms with van der Waals surface area (Å²) in [6, 6.07) is 21.0. The maximum atomic E-state index is 13.3. The average Bonchev–Trinajstić information content (AvgIpc) is 3.39. The largest absolute Gasteiger partial charge is 0.451 e. The molecule has 0 bridgehead atoms. The zero-order chi connectivity index (χ0) is 22.9. The number of hydrogen-bond donors (Lipinski definition) is 1. The Balaban J connectivity index is 1.30. The van der Waals surface area contributed by atoms with Crippen LogP contribution in [0.2, 0.25) is 0 Å². The van der Waals surface area contributed by atoms with Crippen molar-refractivity contribution in [2.45, 2.75) is 6.92 Å². The summed E-state index contributed by atoms with van der Waals surface area (Å²) in [6.45, 7) is 1.43. The van der Waals surface area contributed by atoms with Gasteiger partial charge >= 0.3 is 5.97 Å². The Morgan fingerprint density at radius 3 is 2.61 bits per heavy atom. The lowest BCUT2D eigenvalue weighted by molar-refractivity contribution is -0.119. The van der Waals surface area contributed by atoms with Gasteiger partial charge in [0.2, 0.25) is 0 Å². The molecule has 0 saturated heterocycles. The van der Waals surface area contributed by atoms with E-state index >= 15 is 0 Å². The molecule has 0 aliphatic rings. The minimum atomic E-state index is -0.589. The molecule has 33 heavy (non-hydrogen) atoms. The Bertz CT molecular complexity index is 1500. The molecular formula is C25H18FN3O3S. The summed E-state index contributed by atoms with van der Waals surface area (Å²) >= 11 is 1.21. The lowest BCUT2D eigenvalue weighted by Gasteiger charge is -2.09. The quantitative estimate of drug-likeness (QED) is 0.353. The second-order valence-corrected chi connectivity index (χ2v) is 8.48. The molecule has 5 rings (SSSR count). The van der Waals surface area contributed by atoms with Crippen LogP contribution in [0.1, 0.15) is 15.4 Å². The van der Waals surface area contributed by atoms with Crippen molar-refractivity contribution in [1.29, 1.82) is 0 Å². The molecule has 1 N–H and O–H groups in total. The first-order valence-corrected chi connectivity index (χ1v) is 11.0. The normalized spacial score (nSPS) is 11.1. The molecule has 2 aromatic heterocycles. The minimum absolute atomic E-state index is 0.337. The van der Waals surface area contributed by atoms with Gasteiger partial charge in [-0.05, 0) is 48.7 Å². The molecule has 0 aliphatic carbocycles. The van der Waals surface area contributed by atoms with E-state index in [0.717, 1.165) is 26.7 Å². The van der Waals surface area contributed by atoms with Gasteiger partial charge in [-0.25, -0.2) is 13.9 Å². The molecule has 6 nitrogen and oxygen atoms in total. The monoisotopic (exact) mass is 459 g/mol. The SMILES string of the molecule is Cc1nn(-c2ccc(F)cc2)c2sc(C(=O)OCC(=O)Nc3cccc4ccccc34)cc12. The van der Waals surface area contributed by atoms with Crippen molar-refractivity contribution in [3.05, 3.63) is 89.2 Å². The molecule has 0 atom stereocenters. The first-order valence-electron chi connectivity index (χ1n) is 10.2. The Hall–Kier alpha value is -4.04. The van der Waals surface area contributed by atoms with Crippen LogP contribution in [0.15, 0.2) is 72.8 Å². The summed E-state index contributed by atoms with van der Waals surface area (Å²) < 4.78 is 20.2. The predicted molar refractivity (Wildman–Crippen MR) is 127 cm³/mol. The van der Waals surface area contributed by atoms with Gasteiger partial charge in [-0.15, -0.1) is 11.3 Å². The Morgan fingerprint density at radius 1 is 1.03 bits per heavy atom. The number of amides is 1. The van der Waals surface area contributed by atoms with Crippen molar-refractivity contribution < 1.29 is 18.7 Å². The lowest BCUT2D eigenvalue weighted by atomic mass is 10.1. The molecule has 3 aromatic carbocycles. The smallest absolute Gasteiger partial charge is 0.348 e. The summed E-state index contributed by atoms with van der Waals surface area (Å²) in [7, 11) is 0. The van der Waals surface area contributed by atoms with E-state index in [1.165, 1.54) is 23.5 Å². The highest BCUT2D eigenvalue weighted by molar-refractivity contribution is 7.20. The topological polar surface area (TPSA) is 73.2 Å². The number of thiophene rings is 1. The van der Waals surface area contributed by atoms with Crippen LogP contribution in [0.5, 0.6) is 0 Å². The summed E-state index contributed by atoms with van der Waals surface area (Å²) in [6.07, 6.45) is 0. The molecule has 0 saturated carbocycles. The number of nitrogens with zero attached hydrogens (tertiary/aromatic N) is 2. The first-order chi connectivity index (χ1) is 16.0. The van der Waals surface area contributed by atoms with Crippen molar-refractivity contribution in [3.8, 4) is 5.69 Å². The summed E-state index contributed by atoms with van der Waals surface area (Å²) in [5.74, 6) is -1.35. The molecule has 0 spiro atoms. The van der Waals surface area contributed by atoms with E-state index in [4.69, 9.17) is 4.74 Å². The van der Waals surface area contributed by atoms with Crippen LogP contribution in [0.3, 0.4) is 0 Å². The second kappa shape index (κ2) is 8.48. The third-order valence-electron chi connectivity index (χ3n) is 5.22. The molecule has 2 heterocycles. The number of aryl methyl sites for hydroxylation is 1. The summed E-state index contributed by atoms with van der Waals surface area (Å²) in [4.78, 5) is 26.1. The van der Waals surface area contributed by atoms with E-state index in [-0.39, 0.29) is 5.82 Å². The van der Waals surface area contributed by atoms with Crippen molar-refractivity contribution >= 4 is 49.9 Å². The van der Waals surface area contributed by atoms with E-state index in [2.05, 4.69) is 10.4 Å². The maximum absolute atomic E-state index is 13.3. The van der Waals surface area contributed by atoms with Crippen molar-refractivity contribution in [1.82, 2.24) is 9.78 Å². The molecule has 0 fully saturated rings. The van der Waals surface area contributed by atoms with Gasteiger partial charge in [-0.3, -0.25) is 4.79 Å². The standard InChI is InChI=1S/C25H18FN3O3S/c1-15-20-13-22(33-24(20)29(28-15)18-11-9-17(26)10-12-18)25(31)32-14-23(30)27-21-8-4-6-16-5-2-3-7-19(16)21/h2-13H,14H2,1H3,(H,27,30). The first kappa shape index (κ1) is 20.8. The predicted octanol–water partition coefficient (Wildman–Crippen LogP) is 5.48. The van der Waals surface area contributed by atoms with E-state index in [1.54, 1.807) is 28.9 Å². The second-order valence-electron chi connectivity index (χ2n) is 7.45. The fourth-order valence-corrected chi connectivity index (χ4v) is 4.70. The van der Waals surface area contributed by atoms with Crippen molar-refractivity contribution in [3.63, 3.8) is 0 Å². The number of esters is 1. The number of hydrogen-bond acceptors (Lipinski definition) is 5. The highest BCUT2D eigenvalue weighted by Gasteiger charge is 2.19. The van der Waals surface area contributed by atoms with Gasteiger partial charge in [0, 0.05) is 16.5 Å². The number of carbonyl (C=O) groups excluding carboxylic acids is 2. The minimum Gasteiger partial charge on any atom is -0.451 e. The van der Waals surface area contributed by atoms with Crippen LogP contribution in [-0.2, 0) is 9.53 Å². The Morgan fingerprint density at radius 2 is 1.79 bits per heavy atom. The van der Waals surface area contributed by atoms with Crippen molar-refractivity contribution in [2.75, 3.05) is 11.9 Å². The van der Waals surface area contributed by atoms with Crippen molar-refractivity contribution in [2.24, 2.45) is 0 Å². The third-order valence-corrected chi connectivity index (χ3v) is 6.31.